The second kappa shape index (κ2) is 8.94. The molecule has 1 atom stereocenters. The minimum absolute atomic E-state index is 0.103. The molecule has 166 valence electrons. The Hall–Kier alpha value is -3.11. The third-order valence-electron chi connectivity index (χ3n) is 4.74. The van der Waals surface area contributed by atoms with E-state index in [0.717, 1.165) is 0 Å². The SMILES string of the molecule is CCOc1ccc(NC(=O)[C@@H](NS(=O)(=O)c2ccc3c(c2)oc(=O)n3C)C(C)C)cc1. The van der Waals surface area contributed by atoms with Gasteiger partial charge in [0.1, 0.15) is 11.8 Å². The number of aromatic nitrogens is 1. The van der Waals surface area contributed by atoms with E-state index < -0.39 is 27.7 Å². The number of anilines is 1. The van der Waals surface area contributed by atoms with E-state index in [4.69, 9.17) is 9.15 Å². The van der Waals surface area contributed by atoms with E-state index in [0.29, 0.717) is 23.6 Å². The van der Waals surface area contributed by atoms with Crippen molar-refractivity contribution in [2.75, 3.05) is 11.9 Å². The minimum Gasteiger partial charge on any atom is -0.494 e. The Morgan fingerprint density at radius 1 is 1.16 bits per heavy atom. The van der Waals surface area contributed by atoms with Crippen molar-refractivity contribution in [3.05, 3.63) is 53.0 Å². The first kappa shape index (κ1) is 22.6. The van der Waals surface area contributed by atoms with E-state index in [1.807, 2.05) is 6.92 Å². The van der Waals surface area contributed by atoms with Crippen LogP contribution >= 0.6 is 0 Å². The number of ether oxygens (including phenoxy) is 1. The Morgan fingerprint density at radius 3 is 2.45 bits per heavy atom. The van der Waals surface area contributed by atoms with E-state index in [1.165, 1.54) is 29.8 Å². The van der Waals surface area contributed by atoms with Gasteiger partial charge in [-0.25, -0.2) is 13.2 Å². The van der Waals surface area contributed by atoms with Gasteiger partial charge in [-0.15, -0.1) is 0 Å². The van der Waals surface area contributed by atoms with Gasteiger partial charge in [-0.2, -0.15) is 4.72 Å². The molecule has 0 bridgehead atoms. The molecular formula is C21H25N3O6S. The summed E-state index contributed by atoms with van der Waals surface area (Å²) in [6.45, 7) is 5.88. The van der Waals surface area contributed by atoms with Crippen LogP contribution in [0.1, 0.15) is 20.8 Å². The summed E-state index contributed by atoms with van der Waals surface area (Å²) in [6.07, 6.45) is 0. The molecule has 1 aromatic heterocycles. The van der Waals surface area contributed by atoms with Gasteiger partial charge in [-0.1, -0.05) is 13.8 Å². The summed E-state index contributed by atoms with van der Waals surface area (Å²) in [7, 11) is -2.52. The van der Waals surface area contributed by atoms with Gasteiger partial charge in [0.15, 0.2) is 5.58 Å². The number of aryl methyl sites for hydroxylation is 1. The van der Waals surface area contributed by atoms with E-state index in [2.05, 4.69) is 10.0 Å². The van der Waals surface area contributed by atoms with Crippen LogP contribution in [0.2, 0.25) is 0 Å². The number of nitrogens with zero attached hydrogens (tertiary/aromatic N) is 1. The Kier molecular flexibility index (Phi) is 6.51. The smallest absolute Gasteiger partial charge is 0.419 e. The van der Waals surface area contributed by atoms with E-state index in [-0.39, 0.29) is 16.4 Å². The highest BCUT2D eigenvalue weighted by Gasteiger charge is 2.29. The first-order chi connectivity index (χ1) is 14.6. The predicted molar refractivity (Wildman–Crippen MR) is 117 cm³/mol. The first-order valence-corrected chi connectivity index (χ1v) is 11.3. The lowest BCUT2D eigenvalue weighted by molar-refractivity contribution is -0.118. The quantitative estimate of drug-likeness (QED) is 0.547. The fraction of sp³-hybridized carbons (Fsp3) is 0.333. The molecule has 9 nitrogen and oxygen atoms in total. The van der Waals surface area contributed by atoms with Crippen molar-refractivity contribution in [2.45, 2.75) is 31.7 Å². The molecule has 31 heavy (non-hydrogen) atoms. The molecule has 3 aromatic rings. The van der Waals surface area contributed by atoms with Gasteiger partial charge in [0.05, 0.1) is 17.0 Å². The maximum atomic E-state index is 12.9. The zero-order valence-corrected chi connectivity index (χ0v) is 18.5. The van der Waals surface area contributed by atoms with Crippen LogP contribution in [0.5, 0.6) is 5.75 Å². The summed E-state index contributed by atoms with van der Waals surface area (Å²) in [5, 5.41) is 2.72. The normalized spacial score (nSPS) is 12.8. The highest BCUT2D eigenvalue weighted by Crippen LogP contribution is 2.20. The van der Waals surface area contributed by atoms with Crippen LogP contribution in [-0.2, 0) is 21.9 Å². The average molecular weight is 448 g/mol. The Bertz CT molecular complexity index is 1240. The van der Waals surface area contributed by atoms with Gasteiger partial charge >= 0.3 is 5.76 Å². The monoisotopic (exact) mass is 447 g/mol. The van der Waals surface area contributed by atoms with Crippen LogP contribution < -0.4 is 20.5 Å². The van der Waals surface area contributed by atoms with Crippen LogP contribution in [0, 0.1) is 5.92 Å². The summed E-state index contributed by atoms with van der Waals surface area (Å²) in [5.74, 6) is -0.734. The standard InChI is InChI=1S/C21H25N3O6S/c1-5-29-15-8-6-14(7-9-15)22-20(25)19(13(2)3)23-31(27,28)16-10-11-17-18(12-16)30-21(26)24(17)4/h6-13,19,23H,5H2,1-4H3,(H,22,25)/t19-/m0/s1. The van der Waals surface area contributed by atoms with E-state index in [1.54, 1.807) is 38.1 Å². The van der Waals surface area contributed by atoms with E-state index >= 15 is 0 Å². The number of carbonyl (C=O) groups is 1. The highest BCUT2D eigenvalue weighted by atomic mass is 32.2. The molecule has 0 saturated carbocycles. The number of fused-ring (bicyclic) bond motifs is 1. The van der Waals surface area contributed by atoms with Crippen LogP contribution in [0.4, 0.5) is 5.69 Å². The molecule has 0 saturated heterocycles. The Labute approximate surface area is 180 Å². The molecular weight excluding hydrogens is 422 g/mol. The maximum absolute atomic E-state index is 12.9. The number of benzene rings is 2. The van der Waals surface area contributed by atoms with Crippen molar-refractivity contribution in [3.8, 4) is 5.75 Å². The number of amides is 1. The molecule has 10 heteroatoms. The van der Waals surface area contributed by atoms with Crippen molar-refractivity contribution in [1.29, 1.82) is 0 Å². The second-order valence-electron chi connectivity index (χ2n) is 7.35. The van der Waals surface area contributed by atoms with Gasteiger partial charge < -0.3 is 14.5 Å². The maximum Gasteiger partial charge on any atom is 0.419 e. The number of oxazole rings is 1. The fourth-order valence-electron chi connectivity index (χ4n) is 3.03. The Morgan fingerprint density at radius 2 is 1.84 bits per heavy atom. The van der Waals surface area contributed by atoms with Crippen LogP contribution in [0.25, 0.3) is 11.1 Å². The lowest BCUT2D eigenvalue weighted by Crippen LogP contribution is -2.47. The summed E-state index contributed by atoms with van der Waals surface area (Å²) in [6, 6.07) is 9.89. The predicted octanol–water partition coefficient (Wildman–Crippen LogP) is 2.47. The minimum atomic E-state index is -4.05. The van der Waals surface area contributed by atoms with Gasteiger partial charge in [0.2, 0.25) is 15.9 Å². The zero-order chi connectivity index (χ0) is 22.8. The molecule has 0 fully saturated rings. The van der Waals surface area contributed by atoms with Gasteiger partial charge in [-0.05, 0) is 49.2 Å². The van der Waals surface area contributed by atoms with Crippen molar-refractivity contribution >= 4 is 32.7 Å². The lowest BCUT2D eigenvalue weighted by Gasteiger charge is -2.21. The van der Waals surface area contributed by atoms with Crippen LogP contribution in [-0.4, -0.2) is 31.5 Å². The number of hydrogen-bond acceptors (Lipinski definition) is 6. The number of rotatable bonds is 8. The van der Waals surface area contributed by atoms with Crippen molar-refractivity contribution in [3.63, 3.8) is 0 Å². The molecule has 0 aliphatic heterocycles. The van der Waals surface area contributed by atoms with Crippen molar-refractivity contribution < 1.29 is 22.4 Å². The molecule has 1 heterocycles. The molecule has 3 rings (SSSR count). The molecule has 0 spiro atoms. The summed E-state index contributed by atoms with van der Waals surface area (Å²) in [5.41, 5.74) is 1.14. The topological polar surface area (TPSA) is 120 Å². The molecule has 2 N–H and O–H groups in total. The molecule has 0 radical (unpaired) electrons. The molecule has 1 amide bonds. The highest BCUT2D eigenvalue weighted by molar-refractivity contribution is 7.89. The second-order valence-corrected chi connectivity index (χ2v) is 9.06. The Balaban J connectivity index is 1.81. The zero-order valence-electron chi connectivity index (χ0n) is 17.7. The number of hydrogen-bond donors (Lipinski definition) is 2. The first-order valence-electron chi connectivity index (χ1n) is 9.78. The van der Waals surface area contributed by atoms with Crippen LogP contribution in [0.3, 0.4) is 0 Å². The lowest BCUT2D eigenvalue weighted by atomic mass is 10.0. The van der Waals surface area contributed by atoms with Gasteiger partial charge in [0, 0.05) is 18.8 Å². The summed E-state index contributed by atoms with van der Waals surface area (Å²) in [4.78, 5) is 24.4. The van der Waals surface area contributed by atoms with Gasteiger partial charge in [-0.3, -0.25) is 9.36 Å². The fourth-order valence-corrected chi connectivity index (χ4v) is 4.39. The van der Waals surface area contributed by atoms with Gasteiger partial charge in [0.25, 0.3) is 0 Å². The van der Waals surface area contributed by atoms with Crippen LogP contribution in [0.15, 0.2) is 56.6 Å². The number of carbonyl (C=O) groups excluding carboxylic acids is 1. The van der Waals surface area contributed by atoms with E-state index in [9.17, 15) is 18.0 Å². The van der Waals surface area contributed by atoms with Crippen molar-refractivity contribution in [2.24, 2.45) is 13.0 Å². The van der Waals surface area contributed by atoms with Crippen molar-refractivity contribution in [1.82, 2.24) is 9.29 Å². The average Bonchev–Trinajstić information content (AvgIpc) is 3.01. The molecule has 0 aliphatic carbocycles. The number of nitrogens with one attached hydrogen (secondary N) is 2. The number of sulfonamides is 1. The molecule has 2 aromatic carbocycles. The summed E-state index contributed by atoms with van der Waals surface area (Å²) >= 11 is 0. The summed E-state index contributed by atoms with van der Waals surface area (Å²) < 4.78 is 40.0. The largest absolute Gasteiger partial charge is 0.494 e. The third-order valence-corrected chi connectivity index (χ3v) is 6.18. The molecule has 0 unspecified atom stereocenters. The third kappa shape index (κ3) is 4.97. The molecule has 0 aliphatic rings.